The van der Waals surface area contributed by atoms with Gasteiger partial charge < -0.3 is 15.1 Å². The highest BCUT2D eigenvalue weighted by Gasteiger charge is 2.21. The molecule has 0 saturated carbocycles. The first-order valence-electron chi connectivity index (χ1n) is 8.88. The Balaban J connectivity index is 1.31. The van der Waals surface area contributed by atoms with E-state index in [2.05, 4.69) is 58.5 Å². The van der Waals surface area contributed by atoms with Crippen molar-refractivity contribution in [2.24, 2.45) is 0 Å². The van der Waals surface area contributed by atoms with E-state index in [9.17, 15) is 4.79 Å². The van der Waals surface area contributed by atoms with Gasteiger partial charge in [0.1, 0.15) is 0 Å². The van der Waals surface area contributed by atoms with Crippen molar-refractivity contribution in [2.45, 2.75) is 6.92 Å². The molecule has 6 heteroatoms. The van der Waals surface area contributed by atoms with Gasteiger partial charge in [-0.2, -0.15) is 0 Å². The van der Waals surface area contributed by atoms with E-state index in [1.807, 2.05) is 17.0 Å². The first-order valence-corrected chi connectivity index (χ1v) is 9.69. The van der Waals surface area contributed by atoms with Crippen molar-refractivity contribution < 1.29 is 4.79 Å². The summed E-state index contributed by atoms with van der Waals surface area (Å²) in [6, 6.07) is 16.6. The Hall–Kier alpha value is -2.60. The summed E-state index contributed by atoms with van der Waals surface area (Å²) < 4.78 is 1.15. The number of nitrogens with zero attached hydrogens (tertiary/aromatic N) is 3. The minimum absolute atomic E-state index is 0.133. The monoisotopic (exact) mass is 366 g/mol. The highest BCUT2D eigenvalue weighted by molar-refractivity contribution is 7.22. The number of fused-ring (bicyclic) bond motifs is 1. The van der Waals surface area contributed by atoms with E-state index in [1.165, 1.54) is 11.3 Å². The second-order valence-corrected chi connectivity index (χ2v) is 7.58. The first kappa shape index (κ1) is 16.8. The lowest BCUT2D eigenvalue weighted by Gasteiger charge is -2.36. The smallest absolute Gasteiger partial charge is 0.242 e. The topological polar surface area (TPSA) is 48.5 Å². The predicted octanol–water partition coefficient (Wildman–Crippen LogP) is 3.37. The van der Waals surface area contributed by atoms with Gasteiger partial charge in [-0.3, -0.25) is 4.79 Å². The minimum atomic E-state index is 0.133. The summed E-state index contributed by atoms with van der Waals surface area (Å²) in [7, 11) is 0. The summed E-state index contributed by atoms with van der Waals surface area (Å²) in [6.07, 6.45) is 0. The van der Waals surface area contributed by atoms with E-state index in [0.717, 1.165) is 41.5 Å². The number of piperazine rings is 1. The summed E-state index contributed by atoms with van der Waals surface area (Å²) in [5, 5.41) is 4.00. The molecule has 1 N–H and O–H groups in total. The number of nitrogens with one attached hydrogen (secondary N) is 1. The fourth-order valence-electron chi connectivity index (χ4n) is 3.22. The number of para-hydroxylation sites is 1. The molecule has 4 rings (SSSR count). The van der Waals surface area contributed by atoms with Crippen molar-refractivity contribution in [1.29, 1.82) is 0 Å². The number of carbonyl (C=O) groups is 1. The number of thiazole rings is 1. The number of benzene rings is 2. The van der Waals surface area contributed by atoms with Crippen LogP contribution in [0.25, 0.3) is 10.2 Å². The van der Waals surface area contributed by atoms with Crippen molar-refractivity contribution in [2.75, 3.05) is 42.9 Å². The molecule has 0 bridgehead atoms. The quantitative estimate of drug-likeness (QED) is 0.769. The molecule has 5 nitrogen and oxygen atoms in total. The molecule has 0 atom stereocenters. The molecule has 1 aromatic heterocycles. The van der Waals surface area contributed by atoms with E-state index < -0.39 is 0 Å². The van der Waals surface area contributed by atoms with Crippen molar-refractivity contribution in [1.82, 2.24) is 9.88 Å². The normalized spacial score (nSPS) is 14.7. The predicted molar refractivity (Wildman–Crippen MR) is 108 cm³/mol. The zero-order chi connectivity index (χ0) is 17.9. The Morgan fingerprint density at radius 2 is 1.88 bits per heavy atom. The van der Waals surface area contributed by atoms with Crippen LogP contribution in [0.15, 0.2) is 48.5 Å². The molecule has 1 fully saturated rings. The molecule has 0 unspecified atom stereocenters. The Bertz CT molecular complexity index is 901. The van der Waals surface area contributed by atoms with Crippen LogP contribution >= 0.6 is 11.3 Å². The highest BCUT2D eigenvalue weighted by Crippen LogP contribution is 2.26. The van der Waals surface area contributed by atoms with Crippen molar-refractivity contribution in [3.8, 4) is 0 Å². The zero-order valence-electron chi connectivity index (χ0n) is 14.8. The highest BCUT2D eigenvalue weighted by atomic mass is 32.1. The molecule has 0 spiro atoms. The van der Waals surface area contributed by atoms with Gasteiger partial charge in [0.2, 0.25) is 5.91 Å². The van der Waals surface area contributed by atoms with Crippen LogP contribution in [0.1, 0.15) is 5.56 Å². The standard InChI is InChI=1S/C20H22N4OS/c1-15-7-8-17-18(13-15)26-20(22-17)21-14-19(25)24-11-9-23(10-12-24)16-5-3-2-4-6-16/h2-8,13H,9-12,14H2,1H3,(H,21,22). The van der Waals surface area contributed by atoms with Crippen LogP contribution in [0.4, 0.5) is 10.8 Å². The Kier molecular flexibility index (Phi) is 4.75. The van der Waals surface area contributed by atoms with Crippen LogP contribution in [0.5, 0.6) is 0 Å². The first-order chi connectivity index (χ1) is 12.7. The third-order valence-electron chi connectivity index (χ3n) is 4.69. The second-order valence-electron chi connectivity index (χ2n) is 6.55. The average Bonchev–Trinajstić information content (AvgIpc) is 3.09. The maximum absolute atomic E-state index is 12.5. The molecule has 1 aliphatic heterocycles. The number of rotatable bonds is 4. The SMILES string of the molecule is Cc1ccc2nc(NCC(=O)N3CCN(c4ccccc4)CC3)sc2c1. The van der Waals surface area contributed by atoms with Crippen LogP contribution in [0.2, 0.25) is 0 Å². The van der Waals surface area contributed by atoms with Gasteiger partial charge in [0.15, 0.2) is 5.13 Å². The molecule has 1 saturated heterocycles. The van der Waals surface area contributed by atoms with E-state index in [1.54, 1.807) is 11.3 Å². The van der Waals surface area contributed by atoms with Crippen molar-refractivity contribution in [3.05, 3.63) is 54.1 Å². The van der Waals surface area contributed by atoms with Crippen molar-refractivity contribution >= 4 is 38.3 Å². The number of aryl methyl sites for hydroxylation is 1. The number of amides is 1. The van der Waals surface area contributed by atoms with Gasteiger partial charge in [0, 0.05) is 31.9 Å². The number of anilines is 2. The van der Waals surface area contributed by atoms with Crippen LogP contribution in [-0.2, 0) is 4.79 Å². The van der Waals surface area contributed by atoms with E-state index in [4.69, 9.17) is 0 Å². The van der Waals surface area contributed by atoms with Gasteiger partial charge in [0.25, 0.3) is 0 Å². The number of hydrogen-bond acceptors (Lipinski definition) is 5. The van der Waals surface area contributed by atoms with Crippen LogP contribution in [-0.4, -0.2) is 48.5 Å². The Morgan fingerprint density at radius 3 is 2.65 bits per heavy atom. The van der Waals surface area contributed by atoms with Gasteiger partial charge in [-0.1, -0.05) is 35.6 Å². The fourth-order valence-corrected chi connectivity index (χ4v) is 4.18. The van der Waals surface area contributed by atoms with Crippen molar-refractivity contribution in [3.63, 3.8) is 0 Å². The number of hydrogen-bond donors (Lipinski definition) is 1. The fraction of sp³-hybridized carbons (Fsp3) is 0.300. The molecule has 1 aliphatic rings. The molecule has 3 aromatic rings. The van der Waals surface area contributed by atoms with Gasteiger partial charge in [-0.05, 0) is 36.8 Å². The summed E-state index contributed by atoms with van der Waals surface area (Å²) in [4.78, 5) is 21.3. The zero-order valence-corrected chi connectivity index (χ0v) is 15.6. The summed E-state index contributed by atoms with van der Waals surface area (Å²) in [6.45, 7) is 5.63. The summed E-state index contributed by atoms with van der Waals surface area (Å²) in [5.41, 5.74) is 3.43. The molecule has 134 valence electrons. The largest absolute Gasteiger partial charge is 0.368 e. The molecular weight excluding hydrogens is 344 g/mol. The lowest BCUT2D eigenvalue weighted by atomic mass is 10.2. The number of carbonyl (C=O) groups excluding carboxylic acids is 1. The third kappa shape index (κ3) is 3.65. The van der Waals surface area contributed by atoms with Gasteiger partial charge in [-0.25, -0.2) is 4.98 Å². The maximum Gasteiger partial charge on any atom is 0.242 e. The minimum Gasteiger partial charge on any atom is -0.368 e. The second kappa shape index (κ2) is 7.33. The molecule has 0 aliphatic carbocycles. The summed E-state index contributed by atoms with van der Waals surface area (Å²) >= 11 is 1.60. The average molecular weight is 366 g/mol. The van der Waals surface area contributed by atoms with Crippen LogP contribution in [0, 0.1) is 6.92 Å². The van der Waals surface area contributed by atoms with Gasteiger partial charge >= 0.3 is 0 Å². The Labute approximate surface area is 157 Å². The van der Waals surface area contributed by atoms with Crippen LogP contribution in [0.3, 0.4) is 0 Å². The molecular formula is C20H22N4OS. The van der Waals surface area contributed by atoms with E-state index in [-0.39, 0.29) is 5.91 Å². The molecule has 0 radical (unpaired) electrons. The molecule has 26 heavy (non-hydrogen) atoms. The Morgan fingerprint density at radius 1 is 1.12 bits per heavy atom. The van der Waals surface area contributed by atoms with E-state index in [0.29, 0.717) is 6.54 Å². The van der Waals surface area contributed by atoms with E-state index >= 15 is 0 Å². The molecule has 2 heterocycles. The molecule has 1 amide bonds. The lowest BCUT2D eigenvalue weighted by molar-refractivity contribution is -0.129. The molecule has 2 aromatic carbocycles. The maximum atomic E-state index is 12.5. The summed E-state index contributed by atoms with van der Waals surface area (Å²) in [5.74, 6) is 0.133. The third-order valence-corrected chi connectivity index (χ3v) is 5.66. The van der Waals surface area contributed by atoms with Gasteiger partial charge in [-0.15, -0.1) is 0 Å². The van der Waals surface area contributed by atoms with Crippen LogP contribution < -0.4 is 10.2 Å². The number of aromatic nitrogens is 1. The lowest BCUT2D eigenvalue weighted by Crippen LogP contribution is -2.50. The van der Waals surface area contributed by atoms with Gasteiger partial charge in [0.05, 0.1) is 16.8 Å².